The summed E-state index contributed by atoms with van der Waals surface area (Å²) in [5.74, 6) is -2.31. The number of hydrogen-bond acceptors (Lipinski definition) is 2. The first kappa shape index (κ1) is 7.93. The lowest BCUT2D eigenvalue weighted by Gasteiger charge is -1.99. The zero-order chi connectivity index (χ0) is 7.49. The number of carbonyl (C=O) groups excluding carboxylic acids is 2. The van der Waals surface area contributed by atoms with Crippen molar-refractivity contribution in [3.63, 3.8) is 0 Å². The second kappa shape index (κ2) is 2.47. The Morgan fingerprint density at radius 2 is 1.89 bits per heavy atom. The minimum absolute atomic E-state index is 0.604. The summed E-state index contributed by atoms with van der Waals surface area (Å²) in [5, 5.41) is 0.816. The second-order valence-corrected chi connectivity index (χ2v) is 1.05. The first-order valence-corrected chi connectivity index (χ1v) is 1.73. The van der Waals surface area contributed by atoms with Gasteiger partial charge in [0.15, 0.2) is 0 Å². The Bertz CT molecular complexity index is 130. The van der Waals surface area contributed by atoms with E-state index in [-0.39, 0.29) is 0 Å². The van der Waals surface area contributed by atoms with Crippen molar-refractivity contribution >= 4 is 12.3 Å². The topological polar surface area (TPSA) is 46.2 Å². The molecular weight excluding hydrogens is 139 g/mol. The van der Waals surface area contributed by atoms with Gasteiger partial charge in [-0.3, -0.25) is 14.9 Å². The Kier molecular flexibility index (Phi) is 2.18. The van der Waals surface area contributed by atoms with E-state index in [1.807, 2.05) is 0 Å². The number of hydrogen-bond donors (Lipinski definition) is 1. The normalized spacial score (nSPS) is 10.6. The van der Waals surface area contributed by atoms with Crippen LogP contribution in [-0.2, 0) is 9.59 Å². The van der Waals surface area contributed by atoms with Crippen LogP contribution >= 0.6 is 0 Å². The summed E-state index contributed by atoms with van der Waals surface area (Å²) in [6, 6.07) is 0. The molecule has 3 nitrogen and oxygen atoms in total. The Balaban J connectivity index is 3.88. The molecule has 0 aliphatic rings. The Labute approximate surface area is 47.8 Å². The van der Waals surface area contributed by atoms with Crippen LogP contribution in [0.25, 0.3) is 0 Å². The molecule has 0 aliphatic carbocycles. The molecule has 9 heavy (non-hydrogen) atoms. The molecule has 0 saturated heterocycles. The molecule has 0 aromatic heterocycles. The third-order valence-electron chi connectivity index (χ3n) is 0.422. The van der Waals surface area contributed by atoms with Crippen molar-refractivity contribution in [1.29, 1.82) is 0 Å². The number of halogens is 3. The molecule has 0 rings (SSSR count). The molecule has 51 valence electrons. The standard InChI is InChI=1S/C3HF3NO2/c4-3(5,6)2(9)7-1-8/h(H,7,8,9). The molecule has 0 atom stereocenters. The van der Waals surface area contributed by atoms with Crippen LogP contribution in [0.1, 0.15) is 0 Å². The third kappa shape index (κ3) is 2.68. The summed E-state index contributed by atoms with van der Waals surface area (Å²) >= 11 is 0. The highest BCUT2D eigenvalue weighted by Gasteiger charge is 2.38. The summed E-state index contributed by atoms with van der Waals surface area (Å²) in [6.45, 7) is 0. The molecular formula is C3HF3NO2. The van der Waals surface area contributed by atoms with Crippen molar-refractivity contribution in [3.05, 3.63) is 0 Å². The molecule has 0 aromatic rings. The molecule has 2 amide bonds. The molecule has 0 aromatic carbocycles. The minimum Gasteiger partial charge on any atom is -0.280 e. The van der Waals surface area contributed by atoms with E-state index in [4.69, 9.17) is 4.79 Å². The van der Waals surface area contributed by atoms with Crippen LogP contribution in [0.3, 0.4) is 0 Å². The zero-order valence-corrected chi connectivity index (χ0v) is 3.95. The van der Waals surface area contributed by atoms with Gasteiger partial charge in [0, 0.05) is 0 Å². The maximum absolute atomic E-state index is 11.0. The third-order valence-corrected chi connectivity index (χ3v) is 0.422. The maximum atomic E-state index is 11.0. The highest BCUT2D eigenvalue weighted by atomic mass is 19.4. The van der Waals surface area contributed by atoms with Gasteiger partial charge in [-0.2, -0.15) is 13.2 Å². The van der Waals surface area contributed by atoms with Crippen LogP contribution in [0.5, 0.6) is 0 Å². The zero-order valence-electron chi connectivity index (χ0n) is 3.95. The van der Waals surface area contributed by atoms with Gasteiger partial charge in [0.1, 0.15) is 0 Å². The second-order valence-electron chi connectivity index (χ2n) is 1.05. The SMILES string of the molecule is O=[C]NC(=O)C(F)(F)F. The monoisotopic (exact) mass is 140 g/mol. The fraction of sp³-hybridized carbons (Fsp3) is 0.333. The van der Waals surface area contributed by atoms with Gasteiger partial charge >= 0.3 is 18.5 Å². The molecule has 0 fully saturated rings. The van der Waals surface area contributed by atoms with Crippen LogP contribution < -0.4 is 5.32 Å². The van der Waals surface area contributed by atoms with Gasteiger partial charge in [-0.25, -0.2) is 0 Å². The van der Waals surface area contributed by atoms with E-state index in [9.17, 15) is 18.0 Å². The van der Waals surface area contributed by atoms with Crippen LogP contribution in [0.4, 0.5) is 13.2 Å². The first-order chi connectivity index (χ1) is 3.98. The van der Waals surface area contributed by atoms with Crippen LogP contribution in [-0.4, -0.2) is 18.5 Å². The van der Waals surface area contributed by atoms with Gasteiger partial charge in [-0.15, -0.1) is 0 Å². The summed E-state index contributed by atoms with van der Waals surface area (Å²) in [4.78, 5) is 18.7. The molecule has 0 spiro atoms. The largest absolute Gasteiger partial charge is 0.471 e. The van der Waals surface area contributed by atoms with E-state index in [0.29, 0.717) is 6.41 Å². The minimum atomic E-state index is -5.00. The number of imide groups is 1. The van der Waals surface area contributed by atoms with Crippen LogP contribution in [0.2, 0.25) is 0 Å². The van der Waals surface area contributed by atoms with Crippen molar-refractivity contribution in [3.8, 4) is 0 Å². The van der Waals surface area contributed by atoms with Gasteiger partial charge in [0.2, 0.25) is 0 Å². The average molecular weight is 140 g/mol. The number of nitrogens with one attached hydrogen (secondary N) is 1. The van der Waals surface area contributed by atoms with E-state index >= 15 is 0 Å². The summed E-state index contributed by atoms with van der Waals surface area (Å²) in [5.41, 5.74) is 0. The summed E-state index contributed by atoms with van der Waals surface area (Å²) in [7, 11) is 0. The van der Waals surface area contributed by atoms with Crippen molar-refractivity contribution in [2.75, 3.05) is 0 Å². The quantitative estimate of drug-likeness (QED) is 0.509. The highest BCUT2D eigenvalue weighted by molar-refractivity contribution is 5.90. The highest BCUT2D eigenvalue weighted by Crippen LogP contribution is 2.13. The van der Waals surface area contributed by atoms with E-state index in [1.165, 1.54) is 0 Å². The molecule has 0 bridgehead atoms. The molecule has 0 heterocycles. The van der Waals surface area contributed by atoms with E-state index in [1.54, 1.807) is 0 Å². The van der Waals surface area contributed by atoms with Gasteiger partial charge < -0.3 is 0 Å². The lowest BCUT2D eigenvalue weighted by atomic mass is 10.6. The van der Waals surface area contributed by atoms with E-state index in [0.717, 1.165) is 5.32 Å². The molecule has 1 radical (unpaired) electrons. The molecule has 0 aliphatic heterocycles. The predicted molar refractivity (Wildman–Crippen MR) is 19.9 cm³/mol. The number of amides is 2. The van der Waals surface area contributed by atoms with Gasteiger partial charge in [-0.05, 0) is 0 Å². The lowest BCUT2D eigenvalue weighted by Crippen LogP contribution is -2.35. The molecule has 0 unspecified atom stereocenters. The van der Waals surface area contributed by atoms with Gasteiger partial charge in [0.05, 0.1) is 0 Å². The fourth-order valence-corrected chi connectivity index (χ4v) is 0.117. The maximum Gasteiger partial charge on any atom is 0.471 e. The van der Waals surface area contributed by atoms with Crippen molar-refractivity contribution in [1.82, 2.24) is 5.32 Å². The van der Waals surface area contributed by atoms with Crippen LogP contribution in [0, 0.1) is 0 Å². The average Bonchev–Trinajstić information content (AvgIpc) is 1.64. The van der Waals surface area contributed by atoms with Crippen LogP contribution in [0.15, 0.2) is 0 Å². The number of carbonyl (C=O) groups is 1. The summed E-state index contributed by atoms with van der Waals surface area (Å²) in [6.07, 6.45) is -4.40. The lowest BCUT2D eigenvalue weighted by molar-refractivity contribution is -0.171. The van der Waals surface area contributed by atoms with Crippen molar-refractivity contribution < 1.29 is 22.8 Å². The Hall–Kier alpha value is -1.07. The van der Waals surface area contributed by atoms with E-state index < -0.39 is 12.1 Å². The first-order valence-electron chi connectivity index (χ1n) is 1.73. The molecule has 1 N–H and O–H groups in total. The summed E-state index contributed by atoms with van der Waals surface area (Å²) < 4.78 is 33.1. The van der Waals surface area contributed by atoms with Crippen molar-refractivity contribution in [2.45, 2.75) is 6.18 Å². The molecule has 0 saturated carbocycles. The smallest absolute Gasteiger partial charge is 0.280 e. The number of alkyl halides is 3. The Morgan fingerprint density at radius 1 is 1.44 bits per heavy atom. The fourth-order valence-electron chi connectivity index (χ4n) is 0.117. The number of rotatable bonds is 1. The van der Waals surface area contributed by atoms with E-state index in [2.05, 4.69) is 0 Å². The van der Waals surface area contributed by atoms with Gasteiger partial charge in [0.25, 0.3) is 0 Å². The Morgan fingerprint density at radius 3 is 2.00 bits per heavy atom. The van der Waals surface area contributed by atoms with Crippen molar-refractivity contribution in [2.24, 2.45) is 0 Å². The predicted octanol–water partition coefficient (Wildman–Crippen LogP) is -0.268. The molecule has 6 heteroatoms. The van der Waals surface area contributed by atoms with Gasteiger partial charge in [-0.1, -0.05) is 0 Å².